The van der Waals surface area contributed by atoms with Crippen molar-refractivity contribution in [2.45, 2.75) is 19.3 Å². The van der Waals surface area contributed by atoms with Crippen LogP contribution in [0.25, 0.3) is 10.7 Å². The Morgan fingerprint density at radius 2 is 1.94 bits per heavy atom. The van der Waals surface area contributed by atoms with E-state index in [2.05, 4.69) is 15.0 Å². The maximum atomic E-state index is 12.7. The maximum Gasteiger partial charge on any atom is 0.227 e. The molecule has 3 heterocycles. The highest BCUT2D eigenvalue weighted by Gasteiger charge is 2.21. The minimum absolute atomic E-state index is 0.142. The number of aromatic nitrogens is 2. The fraction of sp³-hybridized carbons (Fsp3) is 0.435. The number of piperazine rings is 1. The zero-order valence-electron chi connectivity index (χ0n) is 18.5. The van der Waals surface area contributed by atoms with Crippen molar-refractivity contribution in [2.24, 2.45) is 0 Å². The summed E-state index contributed by atoms with van der Waals surface area (Å²) >= 11 is 1.60. The molecule has 1 fully saturated rings. The van der Waals surface area contributed by atoms with Gasteiger partial charge in [0.25, 0.3) is 0 Å². The van der Waals surface area contributed by atoms with Crippen LogP contribution in [0.3, 0.4) is 0 Å². The summed E-state index contributed by atoms with van der Waals surface area (Å²) in [4.78, 5) is 22.6. The van der Waals surface area contributed by atoms with Gasteiger partial charge in [0.1, 0.15) is 0 Å². The lowest BCUT2D eigenvalue weighted by molar-refractivity contribution is -0.132. The van der Waals surface area contributed by atoms with Crippen LogP contribution in [0.15, 0.2) is 40.2 Å². The molecule has 9 heteroatoms. The van der Waals surface area contributed by atoms with E-state index in [-0.39, 0.29) is 5.91 Å². The number of rotatable bonds is 9. The van der Waals surface area contributed by atoms with Crippen molar-refractivity contribution in [2.75, 3.05) is 46.9 Å². The molecule has 1 aromatic carbocycles. The Morgan fingerprint density at radius 1 is 1.12 bits per heavy atom. The Bertz CT molecular complexity index is 1010. The van der Waals surface area contributed by atoms with Crippen molar-refractivity contribution < 1.29 is 18.8 Å². The number of carbonyl (C=O) groups excluding carboxylic acids is 1. The molecule has 0 spiro atoms. The zero-order chi connectivity index (χ0) is 22.3. The summed E-state index contributed by atoms with van der Waals surface area (Å²) in [6, 6.07) is 9.59. The van der Waals surface area contributed by atoms with Crippen LogP contribution in [0.4, 0.5) is 0 Å². The molecule has 170 valence electrons. The van der Waals surface area contributed by atoms with Crippen LogP contribution in [0.1, 0.15) is 17.9 Å². The van der Waals surface area contributed by atoms with E-state index < -0.39 is 0 Å². The van der Waals surface area contributed by atoms with Crippen molar-refractivity contribution in [1.29, 1.82) is 0 Å². The molecule has 1 amide bonds. The topological polar surface area (TPSA) is 80.9 Å². The first-order chi connectivity index (χ1) is 15.7. The van der Waals surface area contributed by atoms with Crippen LogP contribution in [-0.4, -0.2) is 72.8 Å². The van der Waals surface area contributed by atoms with Gasteiger partial charge in [0.2, 0.25) is 17.6 Å². The molecule has 1 aliphatic heterocycles. The predicted molar refractivity (Wildman–Crippen MR) is 122 cm³/mol. The SMILES string of the molecule is COc1ccc(CC(=O)N2CCN(CCCc3nc(-c4cccs4)no3)CC2)cc1OC. The predicted octanol–water partition coefficient (Wildman–Crippen LogP) is 3.13. The number of hydrogen-bond donors (Lipinski definition) is 0. The van der Waals surface area contributed by atoms with Crippen molar-refractivity contribution in [3.05, 3.63) is 47.2 Å². The van der Waals surface area contributed by atoms with Crippen LogP contribution < -0.4 is 9.47 Å². The fourth-order valence-corrected chi connectivity index (χ4v) is 4.46. The number of hydrogen-bond acceptors (Lipinski definition) is 8. The molecule has 4 rings (SSSR count). The van der Waals surface area contributed by atoms with Gasteiger partial charge in [-0.1, -0.05) is 17.3 Å². The van der Waals surface area contributed by atoms with Crippen molar-refractivity contribution in [1.82, 2.24) is 19.9 Å². The Balaban J connectivity index is 1.19. The van der Waals surface area contributed by atoms with E-state index in [1.807, 2.05) is 40.6 Å². The lowest BCUT2D eigenvalue weighted by atomic mass is 10.1. The summed E-state index contributed by atoms with van der Waals surface area (Å²) in [5, 5.41) is 6.06. The molecule has 1 aliphatic rings. The minimum atomic E-state index is 0.142. The summed E-state index contributed by atoms with van der Waals surface area (Å²) in [6.07, 6.45) is 2.08. The molecule has 0 unspecified atom stereocenters. The van der Waals surface area contributed by atoms with Crippen molar-refractivity contribution >= 4 is 17.2 Å². The lowest BCUT2D eigenvalue weighted by Gasteiger charge is -2.34. The highest BCUT2D eigenvalue weighted by molar-refractivity contribution is 7.13. The average molecular weight is 457 g/mol. The summed E-state index contributed by atoms with van der Waals surface area (Å²) in [6.45, 7) is 4.20. The third-order valence-corrected chi connectivity index (χ3v) is 6.47. The van der Waals surface area contributed by atoms with E-state index in [0.29, 0.717) is 29.6 Å². The summed E-state index contributed by atoms with van der Waals surface area (Å²) in [5.74, 6) is 2.80. The lowest BCUT2D eigenvalue weighted by Crippen LogP contribution is -2.49. The number of methoxy groups -OCH3 is 2. The molecular formula is C23H28N4O4S. The van der Waals surface area contributed by atoms with E-state index in [9.17, 15) is 4.79 Å². The maximum absolute atomic E-state index is 12.7. The highest BCUT2D eigenvalue weighted by Crippen LogP contribution is 2.28. The minimum Gasteiger partial charge on any atom is -0.493 e. The summed E-state index contributed by atoms with van der Waals surface area (Å²) in [7, 11) is 3.20. The van der Waals surface area contributed by atoms with Gasteiger partial charge in [0.05, 0.1) is 25.5 Å². The molecular weight excluding hydrogens is 428 g/mol. The molecule has 0 radical (unpaired) electrons. The second-order valence-corrected chi connectivity index (χ2v) is 8.63. The Morgan fingerprint density at radius 3 is 2.66 bits per heavy atom. The van der Waals surface area contributed by atoms with Crippen molar-refractivity contribution in [3.8, 4) is 22.2 Å². The standard InChI is InChI=1S/C23H28N4O4S/c1-29-18-8-7-17(15-19(18)30-2)16-22(28)27-12-10-26(11-13-27)9-3-6-21-24-23(25-31-21)20-5-4-14-32-20/h4-5,7-8,14-15H,3,6,9-13,16H2,1-2H3. The monoisotopic (exact) mass is 456 g/mol. The van der Waals surface area contributed by atoms with Gasteiger partial charge in [-0.2, -0.15) is 4.98 Å². The van der Waals surface area contributed by atoms with Gasteiger partial charge in [0, 0.05) is 32.6 Å². The first kappa shape index (κ1) is 22.3. The van der Waals surface area contributed by atoms with Crippen LogP contribution >= 0.6 is 11.3 Å². The van der Waals surface area contributed by atoms with Gasteiger partial charge in [0.15, 0.2) is 11.5 Å². The quantitative estimate of drug-likeness (QED) is 0.489. The first-order valence-electron chi connectivity index (χ1n) is 10.7. The number of nitrogens with zero attached hydrogens (tertiary/aromatic N) is 4. The molecule has 2 aromatic heterocycles. The van der Waals surface area contributed by atoms with E-state index in [4.69, 9.17) is 14.0 Å². The number of ether oxygens (including phenoxy) is 2. The number of benzene rings is 1. The zero-order valence-corrected chi connectivity index (χ0v) is 19.3. The summed E-state index contributed by atoms with van der Waals surface area (Å²) in [5.41, 5.74) is 0.927. The molecule has 0 N–H and O–H groups in total. The third-order valence-electron chi connectivity index (χ3n) is 5.60. The third kappa shape index (κ3) is 5.46. The molecule has 8 nitrogen and oxygen atoms in total. The highest BCUT2D eigenvalue weighted by atomic mass is 32.1. The molecule has 0 aliphatic carbocycles. The first-order valence-corrected chi connectivity index (χ1v) is 11.6. The van der Waals surface area contributed by atoms with Crippen LogP contribution in [0.2, 0.25) is 0 Å². The smallest absolute Gasteiger partial charge is 0.227 e. The van der Waals surface area contributed by atoms with Gasteiger partial charge in [-0.05, 0) is 42.1 Å². The van der Waals surface area contributed by atoms with Gasteiger partial charge in [-0.25, -0.2) is 0 Å². The molecule has 0 atom stereocenters. The molecule has 1 saturated heterocycles. The largest absolute Gasteiger partial charge is 0.493 e. The van der Waals surface area contributed by atoms with Crippen molar-refractivity contribution in [3.63, 3.8) is 0 Å². The Hall–Kier alpha value is -2.91. The van der Waals surface area contributed by atoms with E-state index in [1.165, 1.54) is 0 Å². The van der Waals surface area contributed by atoms with Gasteiger partial charge >= 0.3 is 0 Å². The molecule has 3 aromatic rings. The summed E-state index contributed by atoms with van der Waals surface area (Å²) < 4.78 is 16.0. The fourth-order valence-electron chi connectivity index (χ4n) is 3.81. The molecule has 32 heavy (non-hydrogen) atoms. The number of thiophene rings is 1. The van der Waals surface area contributed by atoms with E-state index in [1.54, 1.807) is 25.6 Å². The van der Waals surface area contributed by atoms with Gasteiger partial charge in [-0.3, -0.25) is 9.69 Å². The normalized spacial score (nSPS) is 14.5. The van der Waals surface area contributed by atoms with Crippen LogP contribution in [0, 0.1) is 0 Å². The number of amides is 1. The Kier molecular flexibility index (Phi) is 7.39. The molecule has 0 saturated carbocycles. The average Bonchev–Trinajstić information content (AvgIpc) is 3.51. The van der Waals surface area contributed by atoms with Gasteiger partial charge in [-0.15, -0.1) is 11.3 Å². The Labute approximate surface area is 191 Å². The molecule has 0 bridgehead atoms. The van der Waals surface area contributed by atoms with Crippen LogP contribution in [0.5, 0.6) is 11.5 Å². The number of aryl methyl sites for hydroxylation is 1. The second kappa shape index (κ2) is 10.6. The van der Waals surface area contributed by atoms with E-state index in [0.717, 1.165) is 56.0 Å². The number of carbonyl (C=O) groups is 1. The van der Waals surface area contributed by atoms with E-state index >= 15 is 0 Å². The second-order valence-electron chi connectivity index (χ2n) is 7.68. The van der Waals surface area contributed by atoms with Crippen LogP contribution in [-0.2, 0) is 17.6 Å². The van der Waals surface area contributed by atoms with Gasteiger partial charge < -0.3 is 18.9 Å².